The summed E-state index contributed by atoms with van der Waals surface area (Å²) in [5, 5.41) is 0. The van der Waals surface area contributed by atoms with Crippen molar-refractivity contribution in [3.63, 3.8) is 0 Å². The second-order valence-corrected chi connectivity index (χ2v) is 9.79. The first-order chi connectivity index (χ1) is 17.6. The van der Waals surface area contributed by atoms with Gasteiger partial charge in [-0.1, -0.05) is 90.7 Å². The number of carbonyl (C=O) groups excluding carboxylic acids is 1. The molecule has 0 spiro atoms. The zero-order valence-electron chi connectivity index (χ0n) is 23.1. The van der Waals surface area contributed by atoms with Gasteiger partial charge in [-0.3, -0.25) is 0 Å². The lowest BCUT2D eigenvalue weighted by Gasteiger charge is -2.18. The van der Waals surface area contributed by atoms with Crippen molar-refractivity contribution in [3.8, 4) is 11.5 Å². The molecule has 2 aromatic carbocycles. The first kappa shape index (κ1) is 29.9. The summed E-state index contributed by atoms with van der Waals surface area (Å²) in [5.74, 6) is 0.973. The molecule has 0 aliphatic carbocycles. The van der Waals surface area contributed by atoms with Gasteiger partial charge in [0.25, 0.3) is 0 Å². The van der Waals surface area contributed by atoms with E-state index in [0.29, 0.717) is 11.3 Å². The van der Waals surface area contributed by atoms with Gasteiger partial charge in [0.05, 0.1) is 17.8 Å². The Bertz CT molecular complexity index is 828. The minimum absolute atomic E-state index is 0.0107. The second kappa shape index (κ2) is 18.0. The molecule has 0 saturated heterocycles. The van der Waals surface area contributed by atoms with Crippen LogP contribution in [0.25, 0.3) is 0 Å². The number of carbonyl (C=O) groups is 1. The molecule has 0 N–H and O–H groups in total. The van der Waals surface area contributed by atoms with Crippen LogP contribution in [0.1, 0.15) is 127 Å². The van der Waals surface area contributed by atoms with Crippen LogP contribution in [0.15, 0.2) is 48.5 Å². The normalized spacial score (nSPS) is 12.8. The minimum atomic E-state index is -0.362. The minimum Gasteiger partial charge on any atom is -0.490 e. The molecular weight excluding hydrogens is 448 g/mol. The van der Waals surface area contributed by atoms with Crippen LogP contribution in [0.5, 0.6) is 11.5 Å². The fraction of sp³-hybridized carbons (Fsp3) is 0.594. The number of hydrogen-bond donors (Lipinski definition) is 0. The van der Waals surface area contributed by atoms with Crippen LogP contribution in [-0.2, 0) is 4.74 Å². The van der Waals surface area contributed by atoms with E-state index in [1.54, 1.807) is 12.1 Å². The van der Waals surface area contributed by atoms with Gasteiger partial charge in [0.1, 0.15) is 11.5 Å². The summed E-state index contributed by atoms with van der Waals surface area (Å²) in [6, 6.07) is 14.9. The number of hydrogen-bond acceptors (Lipinski definition) is 4. The van der Waals surface area contributed by atoms with E-state index in [-0.39, 0.29) is 18.2 Å². The molecule has 4 heteroatoms. The second-order valence-electron chi connectivity index (χ2n) is 9.79. The maximum atomic E-state index is 12.6. The SMILES string of the molecule is CCCCCCCCCOC(C)c1ccc(C(=O)Oc2ccc(OC(CCC)CCCC)cc2)cc1. The van der Waals surface area contributed by atoms with E-state index in [4.69, 9.17) is 14.2 Å². The molecule has 2 atom stereocenters. The lowest BCUT2D eigenvalue weighted by atomic mass is 10.1. The number of rotatable bonds is 19. The maximum absolute atomic E-state index is 12.6. The zero-order valence-corrected chi connectivity index (χ0v) is 23.1. The quantitative estimate of drug-likeness (QED) is 0.110. The van der Waals surface area contributed by atoms with Gasteiger partial charge in [0.15, 0.2) is 0 Å². The number of ether oxygens (including phenoxy) is 3. The highest BCUT2D eigenvalue weighted by atomic mass is 16.5. The van der Waals surface area contributed by atoms with E-state index in [1.807, 2.05) is 36.4 Å². The van der Waals surface area contributed by atoms with Crippen molar-refractivity contribution in [2.45, 2.75) is 117 Å². The molecule has 0 heterocycles. The van der Waals surface area contributed by atoms with Gasteiger partial charge >= 0.3 is 5.97 Å². The van der Waals surface area contributed by atoms with Crippen molar-refractivity contribution < 1.29 is 19.0 Å². The Morgan fingerprint density at radius 3 is 1.94 bits per heavy atom. The molecule has 2 unspecified atom stereocenters. The summed E-state index contributed by atoms with van der Waals surface area (Å²) in [4.78, 5) is 12.6. The Balaban J connectivity index is 1.76. The summed E-state index contributed by atoms with van der Waals surface area (Å²) in [6.07, 6.45) is 14.8. The third kappa shape index (κ3) is 11.6. The van der Waals surface area contributed by atoms with Crippen molar-refractivity contribution in [2.24, 2.45) is 0 Å². The van der Waals surface area contributed by atoms with E-state index >= 15 is 0 Å². The van der Waals surface area contributed by atoms with Gasteiger partial charge in [-0.05, 0) is 68.1 Å². The molecule has 0 fully saturated rings. The van der Waals surface area contributed by atoms with Crippen molar-refractivity contribution in [2.75, 3.05) is 6.61 Å². The van der Waals surface area contributed by atoms with Crippen molar-refractivity contribution >= 4 is 5.97 Å². The van der Waals surface area contributed by atoms with Gasteiger partial charge in [-0.2, -0.15) is 0 Å². The predicted molar refractivity (Wildman–Crippen MR) is 149 cm³/mol. The van der Waals surface area contributed by atoms with E-state index in [2.05, 4.69) is 27.7 Å². The molecule has 0 aromatic heterocycles. The largest absolute Gasteiger partial charge is 0.490 e. The van der Waals surface area contributed by atoms with Crippen molar-refractivity contribution in [3.05, 3.63) is 59.7 Å². The highest BCUT2D eigenvalue weighted by molar-refractivity contribution is 5.91. The Morgan fingerprint density at radius 2 is 1.31 bits per heavy atom. The molecule has 0 aliphatic rings. The van der Waals surface area contributed by atoms with Crippen LogP contribution in [0.4, 0.5) is 0 Å². The van der Waals surface area contributed by atoms with Crippen LogP contribution < -0.4 is 9.47 Å². The Hall–Kier alpha value is -2.33. The first-order valence-corrected chi connectivity index (χ1v) is 14.3. The molecular formula is C32H48O4. The molecule has 0 bridgehead atoms. The summed E-state index contributed by atoms with van der Waals surface area (Å²) in [6.45, 7) is 9.47. The van der Waals surface area contributed by atoms with E-state index in [1.165, 1.54) is 51.4 Å². The fourth-order valence-corrected chi connectivity index (χ4v) is 4.27. The number of unbranched alkanes of at least 4 members (excludes halogenated alkanes) is 7. The molecule has 0 saturated carbocycles. The molecule has 0 radical (unpaired) electrons. The van der Waals surface area contributed by atoms with Gasteiger partial charge in [-0.25, -0.2) is 4.79 Å². The molecule has 200 valence electrons. The molecule has 4 nitrogen and oxygen atoms in total. The Kier molecular flexibility index (Phi) is 14.9. The molecule has 0 aliphatic heterocycles. The summed E-state index contributed by atoms with van der Waals surface area (Å²) < 4.78 is 17.7. The molecule has 0 amide bonds. The Labute approximate surface area is 219 Å². The zero-order chi connectivity index (χ0) is 26.0. The predicted octanol–water partition coefficient (Wildman–Crippen LogP) is 9.47. The van der Waals surface area contributed by atoms with E-state index < -0.39 is 0 Å². The van der Waals surface area contributed by atoms with E-state index in [0.717, 1.165) is 43.6 Å². The number of esters is 1. The lowest BCUT2D eigenvalue weighted by Crippen LogP contribution is -2.16. The first-order valence-electron chi connectivity index (χ1n) is 14.3. The van der Waals surface area contributed by atoms with Crippen LogP contribution in [-0.4, -0.2) is 18.7 Å². The van der Waals surface area contributed by atoms with Crippen LogP contribution in [0.3, 0.4) is 0 Å². The van der Waals surface area contributed by atoms with Gasteiger partial charge in [0, 0.05) is 6.61 Å². The standard InChI is InChI=1S/C32H48O4/c1-5-8-10-11-12-13-14-25-34-26(4)27-17-19-28(20-18-27)32(33)36-31-23-21-30(22-24-31)35-29(15-7-3)16-9-6-2/h17-24,26,29H,5-16,25H2,1-4H3. The Morgan fingerprint density at radius 1 is 0.694 bits per heavy atom. The molecule has 2 rings (SSSR count). The lowest BCUT2D eigenvalue weighted by molar-refractivity contribution is 0.0626. The van der Waals surface area contributed by atoms with E-state index in [9.17, 15) is 4.79 Å². The smallest absolute Gasteiger partial charge is 0.343 e. The average Bonchev–Trinajstić information content (AvgIpc) is 2.90. The summed E-state index contributed by atoms with van der Waals surface area (Å²) in [5.41, 5.74) is 1.60. The third-order valence-electron chi connectivity index (χ3n) is 6.56. The third-order valence-corrected chi connectivity index (χ3v) is 6.56. The molecule has 2 aromatic rings. The summed E-state index contributed by atoms with van der Waals surface area (Å²) in [7, 11) is 0. The topological polar surface area (TPSA) is 44.8 Å². The highest BCUT2D eigenvalue weighted by Crippen LogP contribution is 2.23. The van der Waals surface area contributed by atoms with Crippen molar-refractivity contribution in [1.29, 1.82) is 0 Å². The van der Waals surface area contributed by atoms with Gasteiger partial charge < -0.3 is 14.2 Å². The van der Waals surface area contributed by atoms with Crippen LogP contribution in [0, 0.1) is 0 Å². The van der Waals surface area contributed by atoms with Gasteiger partial charge in [0.2, 0.25) is 0 Å². The highest BCUT2D eigenvalue weighted by Gasteiger charge is 2.13. The summed E-state index contributed by atoms with van der Waals surface area (Å²) >= 11 is 0. The van der Waals surface area contributed by atoms with Crippen LogP contribution in [0.2, 0.25) is 0 Å². The van der Waals surface area contributed by atoms with Gasteiger partial charge in [-0.15, -0.1) is 0 Å². The van der Waals surface area contributed by atoms with Crippen molar-refractivity contribution in [1.82, 2.24) is 0 Å². The monoisotopic (exact) mass is 496 g/mol. The fourth-order valence-electron chi connectivity index (χ4n) is 4.27. The maximum Gasteiger partial charge on any atom is 0.343 e. The number of benzene rings is 2. The molecule has 36 heavy (non-hydrogen) atoms. The van der Waals surface area contributed by atoms with Crippen LogP contribution >= 0.6 is 0 Å². The average molecular weight is 497 g/mol.